The second-order valence-corrected chi connectivity index (χ2v) is 3.70. The molecular formula is C11H17N3O. The quantitative estimate of drug-likeness (QED) is 0.792. The molecule has 82 valence electrons. The lowest BCUT2D eigenvalue weighted by Crippen LogP contribution is -2.45. The summed E-state index contributed by atoms with van der Waals surface area (Å²) in [5.41, 5.74) is 5.72. The smallest absolute Gasteiger partial charge is 0.0608 e. The molecule has 1 aliphatic rings. The minimum atomic E-state index is 0.798. The number of nitrogens with one attached hydrogen (secondary N) is 1. The van der Waals surface area contributed by atoms with Gasteiger partial charge in [0.15, 0.2) is 0 Å². The molecule has 15 heavy (non-hydrogen) atoms. The van der Waals surface area contributed by atoms with Gasteiger partial charge >= 0.3 is 0 Å². The van der Waals surface area contributed by atoms with Gasteiger partial charge in [0.2, 0.25) is 0 Å². The molecule has 0 radical (unpaired) electrons. The fourth-order valence-electron chi connectivity index (χ4n) is 1.61. The van der Waals surface area contributed by atoms with Gasteiger partial charge in [0.05, 0.1) is 25.5 Å². The topological polar surface area (TPSA) is 37.4 Å². The number of ether oxygens (including phenoxy) is 1. The van der Waals surface area contributed by atoms with Crippen LogP contribution in [0.3, 0.4) is 0 Å². The highest BCUT2D eigenvalue weighted by atomic mass is 16.5. The summed E-state index contributed by atoms with van der Waals surface area (Å²) in [7, 11) is 0. The molecule has 0 amide bonds. The Morgan fingerprint density at radius 3 is 3.00 bits per heavy atom. The molecule has 1 fully saturated rings. The van der Waals surface area contributed by atoms with Crippen LogP contribution in [0.15, 0.2) is 18.3 Å². The maximum Gasteiger partial charge on any atom is 0.0608 e. The number of rotatable bonds is 3. The van der Waals surface area contributed by atoms with Gasteiger partial charge in [-0.1, -0.05) is 6.07 Å². The lowest BCUT2D eigenvalue weighted by Gasteiger charge is -2.27. The van der Waals surface area contributed by atoms with Gasteiger partial charge in [-0.3, -0.25) is 4.98 Å². The molecule has 4 heteroatoms. The molecule has 2 rings (SSSR count). The molecule has 1 N–H and O–H groups in total. The summed E-state index contributed by atoms with van der Waals surface area (Å²) in [5, 5.41) is 2.19. The van der Waals surface area contributed by atoms with Crippen LogP contribution in [0, 0.1) is 6.92 Å². The molecule has 0 aromatic carbocycles. The third-order valence-electron chi connectivity index (χ3n) is 2.60. The first-order chi connectivity index (χ1) is 7.36. The van der Waals surface area contributed by atoms with Crippen LogP contribution < -0.4 is 5.43 Å². The Balaban J connectivity index is 1.84. The van der Waals surface area contributed by atoms with Crippen LogP contribution in [0.1, 0.15) is 11.3 Å². The van der Waals surface area contributed by atoms with Crippen LogP contribution in [0.4, 0.5) is 0 Å². The normalized spacial score (nSPS) is 17.9. The fraction of sp³-hybridized carbons (Fsp3) is 0.545. The van der Waals surface area contributed by atoms with Crippen molar-refractivity contribution >= 4 is 0 Å². The first-order valence-corrected chi connectivity index (χ1v) is 5.33. The lowest BCUT2D eigenvalue weighted by atomic mass is 10.2. The molecule has 0 aliphatic carbocycles. The molecule has 1 aliphatic heterocycles. The summed E-state index contributed by atoms with van der Waals surface area (Å²) < 4.78 is 5.28. The Kier molecular flexibility index (Phi) is 3.66. The SMILES string of the molecule is Cc1cccnc1CNN1CCOCC1. The second kappa shape index (κ2) is 5.21. The zero-order valence-corrected chi connectivity index (χ0v) is 9.07. The molecule has 0 unspecified atom stereocenters. The highest BCUT2D eigenvalue weighted by Crippen LogP contribution is 2.03. The number of aryl methyl sites for hydroxylation is 1. The molecule has 2 heterocycles. The predicted octanol–water partition coefficient (Wildman–Crippen LogP) is 0.727. The van der Waals surface area contributed by atoms with Crippen molar-refractivity contribution in [3.05, 3.63) is 29.6 Å². The van der Waals surface area contributed by atoms with Gasteiger partial charge in [-0.05, 0) is 18.6 Å². The standard InChI is InChI=1S/C11H17N3O/c1-10-3-2-4-12-11(10)9-13-14-5-7-15-8-6-14/h2-4,13H,5-9H2,1H3. The van der Waals surface area contributed by atoms with Crippen LogP contribution in [-0.4, -0.2) is 36.3 Å². The molecule has 0 bridgehead atoms. The number of hydrogen-bond donors (Lipinski definition) is 1. The molecule has 0 spiro atoms. The van der Waals surface area contributed by atoms with E-state index in [4.69, 9.17) is 4.74 Å². The molecule has 4 nitrogen and oxygen atoms in total. The number of hydrogen-bond acceptors (Lipinski definition) is 4. The number of pyridine rings is 1. The minimum Gasteiger partial charge on any atom is -0.379 e. The van der Waals surface area contributed by atoms with E-state index >= 15 is 0 Å². The van der Waals surface area contributed by atoms with Crippen molar-refractivity contribution < 1.29 is 4.74 Å². The first kappa shape index (κ1) is 10.5. The monoisotopic (exact) mass is 207 g/mol. The summed E-state index contributed by atoms with van der Waals surface area (Å²) in [6.45, 7) is 6.41. The summed E-state index contributed by atoms with van der Waals surface area (Å²) in [5.74, 6) is 0. The third kappa shape index (κ3) is 2.99. The lowest BCUT2D eigenvalue weighted by molar-refractivity contribution is 0.0103. The van der Waals surface area contributed by atoms with E-state index in [1.807, 2.05) is 12.3 Å². The molecule has 1 saturated heterocycles. The Labute approximate surface area is 90.2 Å². The highest BCUT2D eigenvalue weighted by molar-refractivity contribution is 5.17. The van der Waals surface area contributed by atoms with Gasteiger partial charge in [-0.2, -0.15) is 0 Å². The second-order valence-electron chi connectivity index (χ2n) is 3.70. The van der Waals surface area contributed by atoms with E-state index < -0.39 is 0 Å². The molecule has 1 aromatic heterocycles. The molecule has 1 aromatic rings. The fourth-order valence-corrected chi connectivity index (χ4v) is 1.61. The van der Waals surface area contributed by atoms with E-state index in [0.717, 1.165) is 38.5 Å². The predicted molar refractivity (Wildman–Crippen MR) is 58.2 cm³/mol. The van der Waals surface area contributed by atoms with E-state index in [9.17, 15) is 0 Å². The van der Waals surface area contributed by atoms with Crippen LogP contribution >= 0.6 is 0 Å². The summed E-state index contributed by atoms with van der Waals surface area (Å²) >= 11 is 0. The Morgan fingerprint density at radius 1 is 1.47 bits per heavy atom. The van der Waals surface area contributed by atoms with Crippen molar-refractivity contribution in [3.8, 4) is 0 Å². The average Bonchev–Trinajstić information content (AvgIpc) is 2.29. The Hall–Kier alpha value is -0.970. The van der Waals surface area contributed by atoms with E-state index in [-0.39, 0.29) is 0 Å². The first-order valence-electron chi connectivity index (χ1n) is 5.33. The van der Waals surface area contributed by atoms with Gasteiger partial charge in [0.25, 0.3) is 0 Å². The molecular weight excluding hydrogens is 190 g/mol. The van der Waals surface area contributed by atoms with Crippen molar-refractivity contribution in [1.29, 1.82) is 0 Å². The molecule has 0 atom stereocenters. The number of morpholine rings is 1. The molecule has 0 saturated carbocycles. The largest absolute Gasteiger partial charge is 0.379 e. The van der Waals surface area contributed by atoms with E-state index in [1.165, 1.54) is 5.56 Å². The average molecular weight is 207 g/mol. The number of nitrogens with zero attached hydrogens (tertiary/aromatic N) is 2. The van der Waals surface area contributed by atoms with Gasteiger partial charge in [0.1, 0.15) is 0 Å². The van der Waals surface area contributed by atoms with Crippen molar-refractivity contribution in [1.82, 2.24) is 15.4 Å². The van der Waals surface area contributed by atoms with Crippen LogP contribution in [0.25, 0.3) is 0 Å². The summed E-state index contributed by atoms with van der Waals surface area (Å²) in [6.07, 6.45) is 1.84. The van der Waals surface area contributed by atoms with E-state index in [2.05, 4.69) is 28.4 Å². The van der Waals surface area contributed by atoms with Crippen molar-refractivity contribution in [2.24, 2.45) is 0 Å². The van der Waals surface area contributed by atoms with E-state index in [0.29, 0.717) is 0 Å². The minimum absolute atomic E-state index is 0.798. The zero-order valence-electron chi connectivity index (χ0n) is 9.07. The Morgan fingerprint density at radius 2 is 2.27 bits per heavy atom. The zero-order chi connectivity index (χ0) is 10.5. The highest BCUT2D eigenvalue weighted by Gasteiger charge is 2.09. The summed E-state index contributed by atoms with van der Waals surface area (Å²) in [4.78, 5) is 4.34. The van der Waals surface area contributed by atoms with Crippen LogP contribution in [0.2, 0.25) is 0 Å². The van der Waals surface area contributed by atoms with Gasteiger partial charge in [-0.15, -0.1) is 0 Å². The maximum absolute atomic E-state index is 5.28. The van der Waals surface area contributed by atoms with Crippen molar-refractivity contribution in [2.75, 3.05) is 26.3 Å². The number of hydrazine groups is 1. The van der Waals surface area contributed by atoms with Gasteiger partial charge < -0.3 is 4.74 Å². The number of aromatic nitrogens is 1. The van der Waals surface area contributed by atoms with Gasteiger partial charge in [-0.25, -0.2) is 10.4 Å². The van der Waals surface area contributed by atoms with E-state index in [1.54, 1.807) is 0 Å². The summed E-state index contributed by atoms with van der Waals surface area (Å²) in [6, 6.07) is 4.05. The van der Waals surface area contributed by atoms with Crippen LogP contribution in [0.5, 0.6) is 0 Å². The van der Waals surface area contributed by atoms with Crippen molar-refractivity contribution in [2.45, 2.75) is 13.5 Å². The Bertz CT molecular complexity index is 310. The van der Waals surface area contributed by atoms with Gasteiger partial charge in [0, 0.05) is 19.3 Å². The third-order valence-corrected chi connectivity index (χ3v) is 2.60. The van der Waals surface area contributed by atoms with Crippen molar-refractivity contribution in [3.63, 3.8) is 0 Å². The van der Waals surface area contributed by atoms with Crippen LogP contribution in [-0.2, 0) is 11.3 Å². The maximum atomic E-state index is 5.28.